The lowest BCUT2D eigenvalue weighted by molar-refractivity contribution is -0.116. The highest BCUT2D eigenvalue weighted by molar-refractivity contribution is 6.12. The largest absolute Gasteiger partial charge is 0.454 e. The first-order valence-electron chi connectivity index (χ1n) is 5.01. The lowest BCUT2D eigenvalue weighted by atomic mass is 10.2. The molecule has 0 saturated carbocycles. The van der Waals surface area contributed by atoms with Crippen LogP contribution in [-0.2, 0) is 4.79 Å². The average Bonchev–Trinajstić information content (AvgIpc) is 2.83. The van der Waals surface area contributed by atoms with E-state index in [1.165, 1.54) is 5.01 Å². The molecule has 0 N–H and O–H groups in total. The van der Waals surface area contributed by atoms with Crippen molar-refractivity contribution in [1.29, 1.82) is 0 Å². The minimum Gasteiger partial charge on any atom is -0.454 e. The molecule has 16 heavy (non-hydrogen) atoms. The topological polar surface area (TPSA) is 51.1 Å². The van der Waals surface area contributed by atoms with E-state index in [0.717, 1.165) is 5.71 Å². The van der Waals surface area contributed by atoms with Gasteiger partial charge in [0.15, 0.2) is 11.5 Å². The highest BCUT2D eigenvalue weighted by atomic mass is 16.7. The van der Waals surface area contributed by atoms with Crippen LogP contribution in [0.15, 0.2) is 23.3 Å². The third-order valence-corrected chi connectivity index (χ3v) is 2.51. The Morgan fingerprint density at radius 2 is 2.12 bits per heavy atom. The predicted octanol–water partition coefficient (Wildman–Crippen LogP) is 1.53. The molecule has 0 saturated heterocycles. The van der Waals surface area contributed by atoms with Gasteiger partial charge in [0.2, 0.25) is 6.79 Å². The van der Waals surface area contributed by atoms with Crippen molar-refractivity contribution >= 4 is 17.3 Å². The van der Waals surface area contributed by atoms with Gasteiger partial charge in [0, 0.05) is 11.8 Å². The maximum Gasteiger partial charge on any atom is 0.253 e. The van der Waals surface area contributed by atoms with E-state index in [2.05, 4.69) is 5.10 Å². The Labute approximate surface area is 92.3 Å². The second kappa shape index (κ2) is 3.23. The number of hydrogen-bond donors (Lipinski definition) is 0. The van der Waals surface area contributed by atoms with Gasteiger partial charge in [-0.1, -0.05) is 0 Å². The Morgan fingerprint density at radius 3 is 2.88 bits per heavy atom. The number of benzene rings is 1. The molecule has 0 radical (unpaired) electrons. The summed E-state index contributed by atoms with van der Waals surface area (Å²) in [6.45, 7) is 2.07. The normalized spacial score (nSPS) is 17.9. The molecular formula is C11H10N2O3. The molecule has 1 amide bonds. The van der Waals surface area contributed by atoms with Crippen LogP contribution < -0.4 is 14.5 Å². The van der Waals surface area contributed by atoms with Crippen molar-refractivity contribution in [1.82, 2.24) is 0 Å². The summed E-state index contributed by atoms with van der Waals surface area (Å²) in [6.07, 6.45) is 0.383. The first kappa shape index (κ1) is 9.21. The Bertz CT molecular complexity index is 496. The van der Waals surface area contributed by atoms with Gasteiger partial charge in [-0.2, -0.15) is 5.10 Å². The van der Waals surface area contributed by atoms with Gasteiger partial charge in [-0.05, 0) is 19.1 Å². The summed E-state index contributed by atoms with van der Waals surface area (Å²) in [5.41, 5.74) is 1.54. The number of hydrazone groups is 1. The van der Waals surface area contributed by atoms with E-state index in [4.69, 9.17) is 9.47 Å². The molecule has 0 atom stereocenters. The number of carbonyl (C=O) groups excluding carboxylic acids is 1. The van der Waals surface area contributed by atoms with Gasteiger partial charge in [0.25, 0.3) is 5.91 Å². The van der Waals surface area contributed by atoms with E-state index >= 15 is 0 Å². The van der Waals surface area contributed by atoms with Gasteiger partial charge in [-0.25, -0.2) is 5.01 Å². The predicted molar refractivity (Wildman–Crippen MR) is 57.8 cm³/mol. The second-order valence-electron chi connectivity index (χ2n) is 3.76. The minimum absolute atomic E-state index is 0.0173. The van der Waals surface area contributed by atoms with Gasteiger partial charge in [0.05, 0.1) is 12.1 Å². The van der Waals surface area contributed by atoms with Crippen molar-refractivity contribution in [3.05, 3.63) is 18.2 Å². The number of anilines is 1. The maximum atomic E-state index is 11.6. The van der Waals surface area contributed by atoms with Crippen LogP contribution in [0.2, 0.25) is 0 Å². The molecular weight excluding hydrogens is 208 g/mol. The summed E-state index contributed by atoms with van der Waals surface area (Å²) in [5, 5.41) is 5.57. The van der Waals surface area contributed by atoms with Gasteiger partial charge in [0.1, 0.15) is 0 Å². The maximum absolute atomic E-state index is 11.6. The summed E-state index contributed by atoms with van der Waals surface area (Å²) in [6, 6.07) is 5.35. The fourth-order valence-corrected chi connectivity index (χ4v) is 1.77. The van der Waals surface area contributed by atoms with Crippen molar-refractivity contribution in [3.63, 3.8) is 0 Å². The third-order valence-electron chi connectivity index (χ3n) is 2.51. The lowest BCUT2D eigenvalue weighted by Crippen LogP contribution is -2.19. The van der Waals surface area contributed by atoms with Crippen LogP contribution in [0.5, 0.6) is 11.5 Å². The van der Waals surface area contributed by atoms with Gasteiger partial charge >= 0.3 is 0 Å². The fourth-order valence-electron chi connectivity index (χ4n) is 1.77. The molecule has 0 unspecified atom stereocenters. The first-order chi connectivity index (χ1) is 7.74. The fraction of sp³-hybridized carbons (Fsp3) is 0.273. The number of ether oxygens (including phenoxy) is 2. The molecule has 1 aromatic rings. The van der Waals surface area contributed by atoms with Crippen molar-refractivity contribution in [2.45, 2.75) is 13.3 Å². The van der Waals surface area contributed by atoms with Crippen LogP contribution in [0, 0.1) is 0 Å². The number of amides is 1. The van der Waals surface area contributed by atoms with Crippen LogP contribution in [-0.4, -0.2) is 18.4 Å². The molecule has 3 rings (SSSR count). The molecule has 5 nitrogen and oxygen atoms in total. The molecule has 0 spiro atoms. The molecule has 0 bridgehead atoms. The van der Waals surface area contributed by atoms with Crippen molar-refractivity contribution in [3.8, 4) is 11.5 Å². The lowest BCUT2D eigenvalue weighted by Gasteiger charge is -2.11. The third kappa shape index (κ3) is 1.32. The summed E-state index contributed by atoms with van der Waals surface area (Å²) in [7, 11) is 0. The van der Waals surface area contributed by atoms with Crippen LogP contribution in [0.25, 0.3) is 0 Å². The molecule has 2 aliphatic rings. The standard InChI is InChI=1S/C11H10N2O3/c1-7-4-11(14)13(12-7)8-2-3-9-10(5-8)16-6-15-9/h2-3,5H,4,6H2,1H3. The van der Waals surface area contributed by atoms with Crippen molar-refractivity contribution in [2.24, 2.45) is 5.10 Å². The van der Waals surface area contributed by atoms with E-state index in [1.54, 1.807) is 18.2 Å². The van der Waals surface area contributed by atoms with E-state index in [-0.39, 0.29) is 12.7 Å². The smallest absolute Gasteiger partial charge is 0.253 e. The van der Waals surface area contributed by atoms with Gasteiger partial charge < -0.3 is 9.47 Å². The van der Waals surface area contributed by atoms with Crippen LogP contribution in [0.3, 0.4) is 0 Å². The number of fused-ring (bicyclic) bond motifs is 1. The molecule has 0 fully saturated rings. The summed E-state index contributed by atoms with van der Waals surface area (Å²) in [4.78, 5) is 11.6. The van der Waals surface area contributed by atoms with Crippen LogP contribution in [0.4, 0.5) is 5.69 Å². The molecule has 0 aliphatic carbocycles. The van der Waals surface area contributed by atoms with E-state index in [9.17, 15) is 4.79 Å². The zero-order valence-electron chi connectivity index (χ0n) is 8.77. The van der Waals surface area contributed by atoms with Gasteiger partial charge in [-0.3, -0.25) is 4.79 Å². The number of carbonyl (C=O) groups is 1. The highest BCUT2D eigenvalue weighted by Crippen LogP contribution is 2.36. The highest BCUT2D eigenvalue weighted by Gasteiger charge is 2.24. The quantitative estimate of drug-likeness (QED) is 0.718. The summed E-state index contributed by atoms with van der Waals surface area (Å²) >= 11 is 0. The summed E-state index contributed by atoms with van der Waals surface area (Å²) < 4.78 is 10.5. The monoisotopic (exact) mass is 218 g/mol. The van der Waals surface area contributed by atoms with E-state index in [0.29, 0.717) is 23.6 Å². The average molecular weight is 218 g/mol. The number of rotatable bonds is 1. The molecule has 5 heteroatoms. The van der Waals surface area contributed by atoms with Crippen LogP contribution >= 0.6 is 0 Å². The number of nitrogens with zero attached hydrogens (tertiary/aromatic N) is 2. The Morgan fingerprint density at radius 1 is 1.31 bits per heavy atom. The molecule has 0 aromatic heterocycles. The number of hydrogen-bond acceptors (Lipinski definition) is 4. The molecule has 2 aliphatic heterocycles. The zero-order chi connectivity index (χ0) is 11.1. The molecule has 1 aromatic carbocycles. The van der Waals surface area contributed by atoms with Crippen molar-refractivity contribution < 1.29 is 14.3 Å². The zero-order valence-corrected chi connectivity index (χ0v) is 8.77. The second-order valence-corrected chi connectivity index (χ2v) is 3.76. The van der Waals surface area contributed by atoms with Gasteiger partial charge in [-0.15, -0.1) is 0 Å². The molecule has 2 heterocycles. The Kier molecular flexibility index (Phi) is 1.86. The van der Waals surface area contributed by atoms with Crippen molar-refractivity contribution in [2.75, 3.05) is 11.8 Å². The van der Waals surface area contributed by atoms with Crippen LogP contribution in [0.1, 0.15) is 13.3 Å². The minimum atomic E-state index is -0.0173. The summed E-state index contributed by atoms with van der Waals surface area (Å²) in [5.74, 6) is 1.34. The first-order valence-corrected chi connectivity index (χ1v) is 5.01. The van der Waals surface area contributed by atoms with E-state index < -0.39 is 0 Å². The van der Waals surface area contributed by atoms with E-state index in [1.807, 2.05) is 6.92 Å². The SMILES string of the molecule is CC1=NN(c2ccc3c(c2)OCO3)C(=O)C1. The molecule has 82 valence electrons. The Hall–Kier alpha value is -2.04. The Balaban J connectivity index is 1.98.